The van der Waals surface area contributed by atoms with Crippen LogP contribution in [0.3, 0.4) is 0 Å². The molecule has 1 saturated heterocycles. The van der Waals surface area contributed by atoms with Crippen molar-refractivity contribution in [2.45, 2.75) is 18.6 Å². The third-order valence-electron chi connectivity index (χ3n) is 3.76. The van der Waals surface area contributed by atoms with Crippen molar-refractivity contribution in [2.75, 3.05) is 26.8 Å². The van der Waals surface area contributed by atoms with Gasteiger partial charge in [-0.15, -0.1) is 0 Å². The van der Waals surface area contributed by atoms with E-state index in [1.165, 1.54) is 6.07 Å². The van der Waals surface area contributed by atoms with Crippen molar-refractivity contribution in [2.24, 2.45) is 0 Å². The smallest absolute Gasteiger partial charge is 0.416 e. The zero-order valence-electron chi connectivity index (χ0n) is 13.8. The third-order valence-corrected chi connectivity index (χ3v) is 3.76. The number of nitrogens with zero attached hydrogens (tertiary/aromatic N) is 1. The van der Waals surface area contributed by atoms with Crippen molar-refractivity contribution in [3.05, 3.63) is 29.8 Å². The fourth-order valence-corrected chi connectivity index (χ4v) is 2.45. The number of alkyl halides is 3. The van der Waals surface area contributed by atoms with Gasteiger partial charge in [0.1, 0.15) is 11.8 Å². The van der Waals surface area contributed by atoms with Crippen molar-refractivity contribution in [3.8, 4) is 5.75 Å². The second-order valence-corrected chi connectivity index (χ2v) is 5.49. The maximum absolute atomic E-state index is 12.7. The number of rotatable bonds is 5. The number of methoxy groups -OCH3 is 1. The van der Waals surface area contributed by atoms with Gasteiger partial charge in [0, 0.05) is 13.1 Å². The van der Waals surface area contributed by atoms with E-state index in [0.29, 0.717) is 0 Å². The Morgan fingerprint density at radius 1 is 1.35 bits per heavy atom. The van der Waals surface area contributed by atoms with Gasteiger partial charge in [-0.05, 0) is 18.2 Å². The van der Waals surface area contributed by atoms with Crippen LogP contribution in [0.1, 0.15) is 12.0 Å². The molecule has 7 nitrogen and oxygen atoms in total. The molecule has 1 fully saturated rings. The van der Waals surface area contributed by atoms with Gasteiger partial charge in [-0.25, -0.2) is 0 Å². The van der Waals surface area contributed by atoms with E-state index in [4.69, 9.17) is 4.74 Å². The number of benzene rings is 1. The van der Waals surface area contributed by atoms with Gasteiger partial charge in [0.2, 0.25) is 5.91 Å². The van der Waals surface area contributed by atoms with Gasteiger partial charge >= 0.3 is 12.1 Å². The highest BCUT2D eigenvalue weighted by Crippen LogP contribution is 2.31. The largest absolute Gasteiger partial charge is 0.484 e. The molecule has 1 aromatic carbocycles. The summed E-state index contributed by atoms with van der Waals surface area (Å²) in [6.45, 7) is -0.212. The highest BCUT2D eigenvalue weighted by Gasteiger charge is 2.35. The molecular formula is C16H17F3N2O5. The molecule has 0 saturated carbocycles. The van der Waals surface area contributed by atoms with E-state index in [0.717, 1.165) is 30.2 Å². The standard InChI is InChI=1S/C16H17F3N2O5/c1-25-14(23)8-12-15(24)20-5-6-21(12)13(22)9-26-11-4-2-3-10(7-11)16(17,18)19/h2-4,7,12H,5-6,8-9H2,1H3,(H,20,24)/t12-/m0/s1. The Kier molecular flexibility index (Phi) is 6.06. The second-order valence-electron chi connectivity index (χ2n) is 5.49. The normalized spacial score (nSPS) is 17.5. The lowest BCUT2D eigenvalue weighted by atomic mass is 10.1. The summed E-state index contributed by atoms with van der Waals surface area (Å²) in [5, 5.41) is 2.54. The SMILES string of the molecule is COC(=O)C[C@H]1C(=O)NCCN1C(=O)COc1cccc(C(F)(F)F)c1. The van der Waals surface area contributed by atoms with Gasteiger partial charge in [-0.2, -0.15) is 13.2 Å². The lowest BCUT2D eigenvalue weighted by Crippen LogP contribution is -2.58. The Morgan fingerprint density at radius 2 is 2.08 bits per heavy atom. The molecule has 1 aliphatic heterocycles. The molecule has 1 atom stereocenters. The van der Waals surface area contributed by atoms with Crippen LogP contribution in [-0.2, 0) is 25.3 Å². The van der Waals surface area contributed by atoms with Crippen molar-refractivity contribution in [1.29, 1.82) is 0 Å². The molecule has 142 valence electrons. The zero-order valence-corrected chi connectivity index (χ0v) is 13.8. The Balaban J connectivity index is 2.03. The van der Waals surface area contributed by atoms with Crippen LogP contribution in [-0.4, -0.2) is 55.5 Å². The van der Waals surface area contributed by atoms with Crippen LogP contribution in [0.2, 0.25) is 0 Å². The van der Waals surface area contributed by atoms with Gasteiger partial charge in [-0.1, -0.05) is 6.07 Å². The first-order valence-electron chi connectivity index (χ1n) is 7.66. The van der Waals surface area contributed by atoms with Crippen LogP contribution in [0.25, 0.3) is 0 Å². The summed E-state index contributed by atoms with van der Waals surface area (Å²) in [5.41, 5.74) is -0.900. The molecule has 0 spiro atoms. The van der Waals surface area contributed by atoms with Crippen LogP contribution in [0.15, 0.2) is 24.3 Å². The summed E-state index contributed by atoms with van der Waals surface area (Å²) >= 11 is 0. The average molecular weight is 374 g/mol. The lowest BCUT2D eigenvalue weighted by Gasteiger charge is -2.34. The van der Waals surface area contributed by atoms with Crippen molar-refractivity contribution >= 4 is 17.8 Å². The molecule has 0 aliphatic carbocycles. The monoisotopic (exact) mass is 374 g/mol. The number of halogens is 3. The predicted molar refractivity (Wildman–Crippen MR) is 82.1 cm³/mol. The number of piperazine rings is 1. The summed E-state index contributed by atoms with van der Waals surface area (Å²) in [5.74, 6) is -1.91. The Labute approximate surface area is 147 Å². The molecule has 1 heterocycles. The second kappa shape index (κ2) is 8.07. The topological polar surface area (TPSA) is 84.9 Å². The minimum absolute atomic E-state index is 0.126. The van der Waals surface area contributed by atoms with Crippen LogP contribution in [0.5, 0.6) is 5.75 Å². The lowest BCUT2D eigenvalue weighted by molar-refractivity contribution is -0.151. The number of amides is 2. The molecule has 10 heteroatoms. The molecule has 1 aromatic rings. The van der Waals surface area contributed by atoms with Crippen LogP contribution < -0.4 is 10.1 Å². The molecule has 26 heavy (non-hydrogen) atoms. The highest BCUT2D eigenvalue weighted by molar-refractivity contribution is 5.92. The number of carbonyl (C=O) groups excluding carboxylic acids is 3. The van der Waals surface area contributed by atoms with Gasteiger partial charge in [0.15, 0.2) is 6.61 Å². The molecule has 0 aromatic heterocycles. The maximum atomic E-state index is 12.7. The van der Waals surface area contributed by atoms with Crippen LogP contribution in [0.4, 0.5) is 13.2 Å². The average Bonchev–Trinajstić information content (AvgIpc) is 2.60. The van der Waals surface area contributed by atoms with Crippen molar-refractivity contribution < 1.29 is 37.0 Å². The van der Waals surface area contributed by atoms with Crippen LogP contribution in [0, 0.1) is 0 Å². The fourth-order valence-electron chi connectivity index (χ4n) is 2.45. The summed E-state index contributed by atoms with van der Waals surface area (Å²) < 4.78 is 47.7. The van der Waals surface area contributed by atoms with E-state index in [9.17, 15) is 27.6 Å². The van der Waals surface area contributed by atoms with E-state index in [2.05, 4.69) is 10.1 Å². The minimum Gasteiger partial charge on any atom is -0.484 e. The molecule has 0 radical (unpaired) electrons. The predicted octanol–water partition coefficient (Wildman–Crippen LogP) is 0.974. The molecule has 2 rings (SSSR count). The number of nitrogens with one attached hydrogen (secondary N) is 1. The Bertz CT molecular complexity index is 693. The summed E-state index contributed by atoms with van der Waals surface area (Å²) in [6.07, 6.45) is -4.85. The summed E-state index contributed by atoms with van der Waals surface area (Å²) in [6, 6.07) is 3.07. The fraction of sp³-hybridized carbons (Fsp3) is 0.438. The van der Waals surface area contributed by atoms with E-state index >= 15 is 0 Å². The molecule has 1 aliphatic rings. The first-order chi connectivity index (χ1) is 12.2. The number of hydrogen-bond acceptors (Lipinski definition) is 5. The minimum atomic E-state index is -4.53. The van der Waals surface area contributed by atoms with Crippen molar-refractivity contribution in [3.63, 3.8) is 0 Å². The Hall–Kier alpha value is -2.78. The first-order valence-corrected chi connectivity index (χ1v) is 7.66. The van der Waals surface area contributed by atoms with E-state index in [1.807, 2.05) is 0 Å². The molecule has 0 bridgehead atoms. The number of carbonyl (C=O) groups is 3. The zero-order chi connectivity index (χ0) is 19.3. The summed E-state index contributed by atoms with van der Waals surface area (Å²) in [7, 11) is 1.16. The van der Waals surface area contributed by atoms with Crippen molar-refractivity contribution in [1.82, 2.24) is 10.2 Å². The van der Waals surface area contributed by atoms with Gasteiger partial charge < -0.3 is 19.7 Å². The highest BCUT2D eigenvalue weighted by atomic mass is 19.4. The Morgan fingerprint density at radius 3 is 2.73 bits per heavy atom. The van der Waals surface area contributed by atoms with E-state index in [1.54, 1.807) is 0 Å². The number of ether oxygens (including phenoxy) is 2. The van der Waals surface area contributed by atoms with Gasteiger partial charge in [-0.3, -0.25) is 14.4 Å². The number of esters is 1. The number of hydrogen-bond donors (Lipinski definition) is 1. The maximum Gasteiger partial charge on any atom is 0.416 e. The summed E-state index contributed by atoms with van der Waals surface area (Å²) in [4.78, 5) is 36.8. The molecule has 0 unspecified atom stereocenters. The van der Waals surface area contributed by atoms with Gasteiger partial charge in [0.25, 0.3) is 5.91 Å². The molecular weight excluding hydrogens is 357 g/mol. The van der Waals surface area contributed by atoms with E-state index < -0.39 is 42.2 Å². The quantitative estimate of drug-likeness (QED) is 0.777. The van der Waals surface area contributed by atoms with Gasteiger partial charge in [0.05, 0.1) is 19.1 Å². The third kappa shape index (κ3) is 4.87. The first kappa shape index (κ1) is 19.5. The molecule has 1 N–H and O–H groups in total. The van der Waals surface area contributed by atoms with E-state index in [-0.39, 0.29) is 25.3 Å². The van der Waals surface area contributed by atoms with Crippen LogP contribution >= 0.6 is 0 Å². The molecule has 2 amide bonds.